The van der Waals surface area contributed by atoms with Crippen LogP contribution in [0.4, 0.5) is 0 Å². The topological polar surface area (TPSA) is 94.1 Å². The summed E-state index contributed by atoms with van der Waals surface area (Å²) in [6, 6.07) is 16.7. The van der Waals surface area contributed by atoms with E-state index in [9.17, 15) is 14.7 Å². The van der Waals surface area contributed by atoms with E-state index in [0.29, 0.717) is 64.5 Å². The average Bonchev–Trinajstić information content (AvgIpc) is 2.90. The number of aliphatic hydroxyl groups excluding tert-OH is 1. The highest BCUT2D eigenvalue weighted by molar-refractivity contribution is 6.32. The van der Waals surface area contributed by atoms with Crippen LogP contribution in [0.2, 0.25) is 10.0 Å². The van der Waals surface area contributed by atoms with Crippen molar-refractivity contribution in [1.82, 2.24) is 5.32 Å². The van der Waals surface area contributed by atoms with Crippen LogP contribution in [0.1, 0.15) is 40.7 Å². The van der Waals surface area contributed by atoms with Crippen molar-refractivity contribution in [3.05, 3.63) is 87.4 Å². The summed E-state index contributed by atoms with van der Waals surface area (Å²) < 4.78 is 16.8. The van der Waals surface area contributed by atoms with Crippen LogP contribution < -0.4 is 14.8 Å². The summed E-state index contributed by atoms with van der Waals surface area (Å²) in [6.45, 7) is 2.25. The zero-order valence-corrected chi connectivity index (χ0v) is 21.7. The average molecular weight is 544 g/mol. The smallest absolute Gasteiger partial charge is 0.313 e. The van der Waals surface area contributed by atoms with Crippen molar-refractivity contribution in [2.24, 2.45) is 0 Å². The second-order valence-electron chi connectivity index (χ2n) is 8.57. The minimum absolute atomic E-state index is 0.203. The lowest BCUT2D eigenvalue weighted by atomic mass is 9.93. The Morgan fingerprint density at radius 1 is 1.11 bits per heavy atom. The lowest BCUT2D eigenvalue weighted by Gasteiger charge is -2.25. The predicted molar refractivity (Wildman–Crippen MR) is 141 cm³/mol. The number of hydrogen-bond donors (Lipinski definition) is 2. The summed E-state index contributed by atoms with van der Waals surface area (Å²) in [5.41, 5.74) is 2.04. The van der Waals surface area contributed by atoms with Gasteiger partial charge in [0, 0.05) is 22.2 Å². The van der Waals surface area contributed by atoms with Crippen molar-refractivity contribution in [3.63, 3.8) is 0 Å². The molecule has 1 amide bonds. The van der Waals surface area contributed by atoms with Gasteiger partial charge in [-0.3, -0.25) is 9.59 Å². The summed E-state index contributed by atoms with van der Waals surface area (Å²) in [7, 11) is 0. The van der Waals surface area contributed by atoms with Crippen LogP contribution in [0, 0.1) is 0 Å². The number of amides is 1. The SMILES string of the molecule is CCOC(=O)C1CCOc2cc(Oc3ccc(C(=O)NC(CO)Cc4ccc(Cl)cc4)cc3)c(Cl)cc21. The van der Waals surface area contributed by atoms with Gasteiger partial charge in [-0.1, -0.05) is 35.3 Å². The van der Waals surface area contributed by atoms with Gasteiger partial charge in [-0.2, -0.15) is 0 Å². The zero-order chi connectivity index (χ0) is 26.4. The van der Waals surface area contributed by atoms with Gasteiger partial charge in [-0.05, 0) is 67.8 Å². The van der Waals surface area contributed by atoms with E-state index in [4.69, 9.17) is 37.4 Å². The molecule has 0 bridgehead atoms. The molecule has 9 heteroatoms. The number of carbonyl (C=O) groups is 2. The zero-order valence-electron chi connectivity index (χ0n) is 20.2. The van der Waals surface area contributed by atoms with Crippen LogP contribution in [-0.2, 0) is 16.0 Å². The molecular weight excluding hydrogens is 517 g/mol. The van der Waals surface area contributed by atoms with Gasteiger partial charge >= 0.3 is 5.97 Å². The Morgan fingerprint density at radius 2 is 1.84 bits per heavy atom. The molecule has 2 unspecified atom stereocenters. The maximum absolute atomic E-state index is 12.7. The van der Waals surface area contributed by atoms with Crippen LogP contribution in [0.15, 0.2) is 60.7 Å². The number of fused-ring (bicyclic) bond motifs is 1. The summed E-state index contributed by atoms with van der Waals surface area (Å²) in [5.74, 6) is 0.305. The minimum atomic E-state index is -0.447. The molecule has 0 aromatic heterocycles. The molecule has 37 heavy (non-hydrogen) atoms. The number of halogens is 2. The Balaban J connectivity index is 1.41. The van der Waals surface area contributed by atoms with Gasteiger partial charge in [0.25, 0.3) is 5.91 Å². The van der Waals surface area contributed by atoms with E-state index in [1.807, 2.05) is 12.1 Å². The van der Waals surface area contributed by atoms with Crippen LogP contribution in [0.3, 0.4) is 0 Å². The number of hydrogen-bond acceptors (Lipinski definition) is 6. The molecule has 3 aromatic carbocycles. The maximum atomic E-state index is 12.7. The van der Waals surface area contributed by atoms with E-state index >= 15 is 0 Å². The third kappa shape index (κ3) is 6.74. The van der Waals surface area contributed by atoms with Crippen LogP contribution in [-0.4, -0.2) is 42.8 Å². The summed E-state index contributed by atoms with van der Waals surface area (Å²) >= 11 is 12.4. The first kappa shape index (κ1) is 26.8. The highest BCUT2D eigenvalue weighted by Crippen LogP contribution is 2.42. The van der Waals surface area contributed by atoms with Crippen molar-refractivity contribution in [3.8, 4) is 17.2 Å². The van der Waals surface area contributed by atoms with Gasteiger partial charge in [0.05, 0.1) is 36.8 Å². The van der Waals surface area contributed by atoms with Crippen molar-refractivity contribution in [1.29, 1.82) is 0 Å². The Kier molecular flexibility index (Phi) is 8.92. The first-order chi connectivity index (χ1) is 17.9. The fourth-order valence-corrected chi connectivity index (χ4v) is 4.43. The minimum Gasteiger partial charge on any atom is -0.493 e. The van der Waals surface area contributed by atoms with Crippen LogP contribution in [0.5, 0.6) is 17.2 Å². The van der Waals surface area contributed by atoms with E-state index in [0.717, 1.165) is 5.56 Å². The summed E-state index contributed by atoms with van der Waals surface area (Å²) in [4.78, 5) is 25.0. The Hall–Kier alpha value is -3.26. The van der Waals surface area contributed by atoms with Crippen molar-refractivity contribution in [2.45, 2.75) is 31.7 Å². The quantitative estimate of drug-likeness (QED) is 0.343. The van der Waals surface area contributed by atoms with Crippen LogP contribution >= 0.6 is 23.2 Å². The molecule has 0 saturated heterocycles. The van der Waals surface area contributed by atoms with Crippen LogP contribution in [0.25, 0.3) is 0 Å². The number of rotatable bonds is 9. The number of benzene rings is 3. The van der Waals surface area contributed by atoms with E-state index in [-0.39, 0.29) is 18.5 Å². The van der Waals surface area contributed by atoms with Gasteiger partial charge in [0.15, 0.2) is 0 Å². The lowest BCUT2D eigenvalue weighted by Crippen LogP contribution is -2.39. The fourth-order valence-electron chi connectivity index (χ4n) is 4.09. The molecule has 2 N–H and O–H groups in total. The Labute approximate surface area is 225 Å². The molecule has 0 radical (unpaired) electrons. The molecule has 0 aliphatic carbocycles. The van der Waals surface area contributed by atoms with Crippen molar-refractivity contribution in [2.75, 3.05) is 19.8 Å². The number of nitrogens with one attached hydrogen (secondary N) is 1. The first-order valence-electron chi connectivity index (χ1n) is 11.9. The van der Waals surface area contributed by atoms with Crippen molar-refractivity contribution < 1.29 is 28.9 Å². The summed E-state index contributed by atoms with van der Waals surface area (Å²) in [5, 5.41) is 13.5. The molecule has 7 nitrogen and oxygen atoms in total. The Bertz CT molecular complexity index is 1250. The molecule has 2 atom stereocenters. The summed E-state index contributed by atoms with van der Waals surface area (Å²) in [6.07, 6.45) is 0.985. The number of ether oxygens (including phenoxy) is 3. The highest BCUT2D eigenvalue weighted by atomic mass is 35.5. The molecule has 1 aliphatic heterocycles. The van der Waals surface area contributed by atoms with Gasteiger partial charge in [-0.15, -0.1) is 0 Å². The predicted octanol–water partition coefficient (Wildman–Crippen LogP) is 5.55. The monoisotopic (exact) mass is 543 g/mol. The molecule has 0 spiro atoms. The van der Waals surface area contributed by atoms with Gasteiger partial charge in [-0.25, -0.2) is 0 Å². The Morgan fingerprint density at radius 3 is 2.51 bits per heavy atom. The van der Waals surface area contributed by atoms with Gasteiger partial charge in [0.2, 0.25) is 0 Å². The van der Waals surface area contributed by atoms with E-state index in [2.05, 4.69) is 5.32 Å². The van der Waals surface area contributed by atoms with Gasteiger partial charge in [0.1, 0.15) is 17.2 Å². The second kappa shape index (κ2) is 12.3. The lowest BCUT2D eigenvalue weighted by molar-refractivity contribution is -0.145. The molecule has 3 aromatic rings. The van der Waals surface area contributed by atoms with Gasteiger partial charge < -0.3 is 24.6 Å². The van der Waals surface area contributed by atoms with E-state index in [1.165, 1.54) is 0 Å². The van der Waals surface area contributed by atoms with Crippen molar-refractivity contribution >= 4 is 35.1 Å². The molecule has 0 fully saturated rings. The van der Waals surface area contributed by atoms with E-state index < -0.39 is 12.0 Å². The molecule has 194 valence electrons. The fraction of sp³-hybridized carbons (Fsp3) is 0.286. The van der Waals surface area contributed by atoms with E-state index in [1.54, 1.807) is 55.5 Å². The standard InChI is InChI=1S/C28H27Cl2NO6/c1-2-35-28(34)22-11-12-36-25-15-26(24(30)14-23(22)25)37-21-9-5-18(6-10-21)27(33)31-20(16-32)13-17-3-7-19(29)8-4-17/h3-10,14-15,20,22,32H,2,11-13,16H2,1H3,(H,31,33). The molecule has 1 heterocycles. The third-order valence-corrected chi connectivity index (χ3v) is 6.52. The molecule has 4 rings (SSSR count). The third-order valence-electron chi connectivity index (χ3n) is 5.97. The second-order valence-corrected chi connectivity index (χ2v) is 9.42. The molecule has 0 saturated carbocycles. The number of esters is 1. The number of aliphatic hydroxyl groups is 1. The number of carbonyl (C=O) groups excluding carboxylic acids is 2. The molecule has 1 aliphatic rings. The molecular formula is C28H27Cl2NO6. The highest BCUT2D eigenvalue weighted by Gasteiger charge is 2.30. The first-order valence-corrected chi connectivity index (χ1v) is 12.7. The largest absolute Gasteiger partial charge is 0.493 e. The normalized spacial score (nSPS) is 15.2. The maximum Gasteiger partial charge on any atom is 0.313 e.